The molecule has 1 heterocycles. The van der Waals surface area contributed by atoms with E-state index in [-0.39, 0.29) is 0 Å². The van der Waals surface area contributed by atoms with Crippen LogP contribution < -0.4 is 0 Å². The predicted octanol–water partition coefficient (Wildman–Crippen LogP) is 5.65. The van der Waals surface area contributed by atoms with Gasteiger partial charge in [-0.3, -0.25) is 0 Å². The minimum Gasteiger partial charge on any atom is -0.491 e. The first-order chi connectivity index (χ1) is 11.6. The second-order valence-corrected chi connectivity index (χ2v) is 6.53. The summed E-state index contributed by atoms with van der Waals surface area (Å²) in [4.78, 5) is 0. The molecular weight excluding hydrogens is 340 g/mol. The van der Waals surface area contributed by atoms with Crippen LogP contribution in [0.25, 0.3) is 5.57 Å². The fourth-order valence-electron chi connectivity index (χ4n) is 1.78. The van der Waals surface area contributed by atoms with Crippen molar-refractivity contribution in [2.45, 2.75) is 13.8 Å². The Morgan fingerprint density at radius 3 is 2.71 bits per heavy atom. The summed E-state index contributed by atoms with van der Waals surface area (Å²) in [6, 6.07) is 12.0. The zero-order chi connectivity index (χ0) is 17.5. The summed E-state index contributed by atoms with van der Waals surface area (Å²) >= 11 is 2.45. The third-order valence-electron chi connectivity index (χ3n) is 3.15. The Hall–Kier alpha value is -2.43. The maximum atomic E-state index is 9.19. The topological polar surface area (TPSA) is 70.6 Å². The Morgan fingerprint density at radius 2 is 2.08 bits per heavy atom. The number of aryl methyl sites for hydroxylation is 1. The van der Waals surface area contributed by atoms with Gasteiger partial charge in [0.25, 0.3) is 0 Å². The predicted molar refractivity (Wildman–Crippen MR) is 98.9 cm³/mol. The van der Waals surface area contributed by atoms with Gasteiger partial charge in [0.15, 0.2) is 10.1 Å². The lowest BCUT2D eigenvalue weighted by molar-refractivity contribution is 0.327. The van der Waals surface area contributed by atoms with Gasteiger partial charge >= 0.3 is 0 Å². The number of nitriles is 1. The molecule has 0 fully saturated rings. The molecule has 0 N–H and O–H groups in total. The fraction of sp³-hybridized carbons (Fsp3) is 0.176. The Labute approximate surface area is 149 Å². The molecule has 0 aliphatic carbocycles. The van der Waals surface area contributed by atoms with E-state index in [4.69, 9.17) is 4.74 Å². The van der Waals surface area contributed by atoms with E-state index in [9.17, 15) is 5.26 Å². The lowest BCUT2D eigenvalue weighted by Crippen LogP contribution is -1.85. The zero-order valence-electron chi connectivity index (χ0n) is 13.6. The summed E-state index contributed by atoms with van der Waals surface area (Å²) in [5, 5.41) is 19.4. The molecule has 0 saturated heterocycles. The smallest absolute Gasteiger partial charge is 0.176 e. The molecule has 0 unspecified atom stereocenters. The van der Waals surface area contributed by atoms with Crippen molar-refractivity contribution in [1.29, 1.82) is 5.26 Å². The molecule has 0 amide bonds. The summed E-state index contributed by atoms with van der Waals surface area (Å²) in [5.41, 5.74) is 3.10. The second-order valence-electron chi connectivity index (χ2n) is 4.73. The number of hydrogen-bond donors (Lipinski definition) is 0. The van der Waals surface area contributed by atoms with Crippen LogP contribution in [0.15, 0.2) is 57.3 Å². The highest BCUT2D eigenvalue weighted by Gasteiger charge is 2.12. The van der Waals surface area contributed by atoms with E-state index < -0.39 is 0 Å². The number of ether oxygens (including phenoxy) is 1. The largest absolute Gasteiger partial charge is 0.491 e. The molecule has 24 heavy (non-hydrogen) atoms. The third-order valence-corrected chi connectivity index (χ3v) is 4.95. The molecule has 1 aromatic heterocycles. The third kappa shape index (κ3) is 4.31. The molecule has 2 aromatic rings. The van der Waals surface area contributed by atoms with Crippen LogP contribution in [0.3, 0.4) is 0 Å². The first-order valence-electron chi connectivity index (χ1n) is 7.02. The average Bonchev–Trinajstić information content (AvgIpc) is 2.98. The zero-order valence-corrected chi connectivity index (χ0v) is 15.2. The molecule has 0 spiro atoms. The van der Waals surface area contributed by atoms with Crippen molar-refractivity contribution in [3.8, 4) is 6.07 Å². The van der Waals surface area contributed by atoms with Gasteiger partial charge in [0.1, 0.15) is 16.7 Å². The van der Waals surface area contributed by atoms with Crippen LogP contribution in [0.2, 0.25) is 0 Å². The molecular formula is C17H16N4OS2. The standard InChI is InChI=1S/C17H16N4OS2/c1-11(14-8-6-5-7-9-14)16(23-13(3)22-4)19-20-17-15(10-18)12(2)21-24-17/h5-9H,3H2,1-2,4H3/b16-11+,20-19+. The van der Waals surface area contributed by atoms with Crippen molar-refractivity contribution in [1.82, 2.24) is 4.37 Å². The van der Waals surface area contributed by atoms with Gasteiger partial charge in [0.2, 0.25) is 0 Å². The maximum Gasteiger partial charge on any atom is 0.176 e. The normalized spacial score (nSPS) is 11.9. The molecule has 0 radical (unpaired) electrons. The highest BCUT2D eigenvalue weighted by Crippen LogP contribution is 2.35. The summed E-state index contributed by atoms with van der Waals surface area (Å²) in [6.07, 6.45) is 0. The van der Waals surface area contributed by atoms with E-state index >= 15 is 0 Å². The number of hydrogen-bond acceptors (Lipinski definition) is 7. The molecule has 122 valence electrons. The minimum absolute atomic E-state index is 0.455. The van der Waals surface area contributed by atoms with Crippen LogP contribution in [0.5, 0.6) is 0 Å². The molecule has 0 aliphatic heterocycles. The van der Waals surface area contributed by atoms with Gasteiger partial charge in [-0.1, -0.05) is 30.3 Å². The van der Waals surface area contributed by atoms with E-state index in [1.165, 1.54) is 11.8 Å². The van der Waals surface area contributed by atoms with Gasteiger partial charge in [-0.05, 0) is 54.9 Å². The van der Waals surface area contributed by atoms with Gasteiger partial charge < -0.3 is 4.74 Å². The number of nitrogens with zero attached hydrogens (tertiary/aromatic N) is 4. The monoisotopic (exact) mass is 356 g/mol. The Bertz CT molecular complexity index is 832. The van der Waals surface area contributed by atoms with Crippen LogP contribution in [0.1, 0.15) is 23.7 Å². The molecule has 7 heteroatoms. The number of azo groups is 1. The second kappa shape index (κ2) is 8.43. The van der Waals surface area contributed by atoms with Crippen molar-refractivity contribution in [2.75, 3.05) is 7.11 Å². The Balaban J connectivity index is 2.42. The summed E-state index contributed by atoms with van der Waals surface area (Å²) in [7, 11) is 1.56. The number of allylic oxidation sites excluding steroid dienone is 1. The van der Waals surface area contributed by atoms with Crippen molar-refractivity contribution in [3.63, 3.8) is 0 Å². The molecule has 5 nitrogen and oxygen atoms in total. The Morgan fingerprint density at radius 1 is 1.38 bits per heavy atom. The van der Waals surface area contributed by atoms with E-state index in [0.717, 1.165) is 22.7 Å². The number of methoxy groups -OCH3 is 1. The lowest BCUT2D eigenvalue weighted by atomic mass is 10.1. The van der Waals surface area contributed by atoms with Crippen LogP contribution in [-0.2, 0) is 4.74 Å². The highest BCUT2D eigenvalue weighted by molar-refractivity contribution is 8.06. The molecule has 0 bridgehead atoms. The van der Waals surface area contributed by atoms with Crippen LogP contribution in [-0.4, -0.2) is 11.5 Å². The van der Waals surface area contributed by atoms with Gasteiger partial charge in [-0.15, -0.1) is 10.2 Å². The number of benzene rings is 1. The summed E-state index contributed by atoms with van der Waals surface area (Å²) in [6.45, 7) is 7.57. The van der Waals surface area contributed by atoms with Crippen LogP contribution in [0, 0.1) is 18.3 Å². The van der Waals surface area contributed by atoms with E-state index in [2.05, 4.69) is 27.3 Å². The van der Waals surface area contributed by atoms with E-state index in [1.54, 1.807) is 14.0 Å². The Kier molecular flexibility index (Phi) is 6.29. The molecule has 2 rings (SSSR count). The number of rotatable bonds is 6. The quantitative estimate of drug-likeness (QED) is 0.495. The molecule has 0 aliphatic rings. The number of aromatic nitrogens is 1. The first kappa shape index (κ1) is 17.9. The minimum atomic E-state index is 0.455. The van der Waals surface area contributed by atoms with Crippen molar-refractivity contribution >= 4 is 33.9 Å². The van der Waals surface area contributed by atoms with Crippen molar-refractivity contribution in [2.24, 2.45) is 10.2 Å². The fourth-order valence-corrected chi connectivity index (χ4v) is 3.11. The van der Waals surface area contributed by atoms with Crippen molar-refractivity contribution < 1.29 is 4.74 Å². The van der Waals surface area contributed by atoms with Gasteiger partial charge in [0, 0.05) is 0 Å². The first-order valence-corrected chi connectivity index (χ1v) is 8.61. The average molecular weight is 356 g/mol. The summed E-state index contributed by atoms with van der Waals surface area (Å²) in [5.74, 6) is 0. The van der Waals surface area contributed by atoms with E-state index in [0.29, 0.717) is 26.4 Å². The van der Waals surface area contributed by atoms with E-state index in [1.807, 2.05) is 37.3 Å². The lowest BCUT2D eigenvalue weighted by Gasteiger charge is -2.08. The van der Waals surface area contributed by atoms with Crippen LogP contribution in [0.4, 0.5) is 5.00 Å². The molecule has 1 aromatic carbocycles. The van der Waals surface area contributed by atoms with Crippen LogP contribution >= 0.6 is 23.3 Å². The molecule has 0 saturated carbocycles. The molecule has 0 atom stereocenters. The van der Waals surface area contributed by atoms with Gasteiger partial charge in [0.05, 0.1) is 12.8 Å². The van der Waals surface area contributed by atoms with Gasteiger partial charge in [-0.2, -0.15) is 9.64 Å². The highest BCUT2D eigenvalue weighted by atomic mass is 32.2. The SMILES string of the molecule is C=C(OC)SC(/N=N/c1snc(C)c1C#N)=C(\C)c1ccccc1. The summed E-state index contributed by atoms with van der Waals surface area (Å²) < 4.78 is 9.28. The maximum absolute atomic E-state index is 9.19. The number of thioether (sulfide) groups is 1. The van der Waals surface area contributed by atoms with Crippen molar-refractivity contribution in [3.05, 3.63) is 63.9 Å². The van der Waals surface area contributed by atoms with Gasteiger partial charge in [-0.25, -0.2) is 0 Å².